The van der Waals surface area contributed by atoms with Gasteiger partial charge < -0.3 is 14.5 Å². The summed E-state index contributed by atoms with van der Waals surface area (Å²) in [6.07, 6.45) is 1.83. The van der Waals surface area contributed by atoms with Crippen LogP contribution in [0.1, 0.15) is 36.5 Å². The van der Waals surface area contributed by atoms with Gasteiger partial charge in [-0.05, 0) is 37.1 Å². The second kappa shape index (κ2) is 10.6. The third-order valence-electron chi connectivity index (χ3n) is 6.39. The molecule has 1 aromatic heterocycles. The van der Waals surface area contributed by atoms with Crippen LogP contribution >= 0.6 is 0 Å². The summed E-state index contributed by atoms with van der Waals surface area (Å²) in [5, 5.41) is 0. The number of carbonyl (C=O) groups excluding carboxylic acids is 2. The third kappa shape index (κ3) is 4.71. The molecular formula is C26H32N4O4. The summed E-state index contributed by atoms with van der Waals surface area (Å²) >= 11 is 0. The van der Waals surface area contributed by atoms with Crippen molar-refractivity contribution < 1.29 is 14.3 Å². The maximum absolute atomic E-state index is 13.0. The monoisotopic (exact) mass is 464 g/mol. The SMILES string of the molecule is CCCn1c(=O)n(CCC(=O)N2CCCN(C(=O)c3ccccc3OC)CC2)c2ccccc21. The number of hydrogen-bond donors (Lipinski definition) is 0. The second-order valence-electron chi connectivity index (χ2n) is 8.55. The molecule has 8 heteroatoms. The molecule has 1 aliphatic rings. The Bertz CT molecular complexity index is 1230. The lowest BCUT2D eigenvalue weighted by atomic mass is 10.1. The van der Waals surface area contributed by atoms with Gasteiger partial charge in [0, 0.05) is 45.7 Å². The average Bonchev–Trinajstić information content (AvgIpc) is 3.01. The zero-order chi connectivity index (χ0) is 24.1. The van der Waals surface area contributed by atoms with Crippen LogP contribution in [-0.4, -0.2) is 64.0 Å². The van der Waals surface area contributed by atoms with E-state index in [0.717, 1.165) is 17.5 Å². The summed E-state index contributed by atoms with van der Waals surface area (Å²) in [7, 11) is 1.56. The lowest BCUT2D eigenvalue weighted by Gasteiger charge is -2.23. The molecule has 0 unspecified atom stereocenters. The lowest BCUT2D eigenvalue weighted by Crippen LogP contribution is -2.38. The molecule has 0 N–H and O–H groups in total. The smallest absolute Gasteiger partial charge is 0.329 e. The van der Waals surface area contributed by atoms with Gasteiger partial charge in [0.2, 0.25) is 5.91 Å². The number of ether oxygens (including phenoxy) is 1. The first-order valence-corrected chi connectivity index (χ1v) is 11.9. The predicted octanol–water partition coefficient (Wildman–Crippen LogP) is 2.99. The van der Waals surface area contributed by atoms with E-state index in [2.05, 4.69) is 0 Å². The van der Waals surface area contributed by atoms with Crippen molar-refractivity contribution in [3.63, 3.8) is 0 Å². The number of benzene rings is 2. The van der Waals surface area contributed by atoms with Crippen molar-refractivity contribution in [3.05, 3.63) is 64.6 Å². The van der Waals surface area contributed by atoms with Crippen LogP contribution < -0.4 is 10.4 Å². The number of methoxy groups -OCH3 is 1. The fourth-order valence-corrected chi connectivity index (χ4v) is 4.66. The first kappa shape index (κ1) is 23.6. The number of aryl methyl sites for hydroxylation is 2. The van der Waals surface area contributed by atoms with E-state index in [-0.39, 0.29) is 23.9 Å². The van der Waals surface area contributed by atoms with Gasteiger partial charge in [0.15, 0.2) is 0 Å². The van der Waals surface area contributed by atoms with Crippen molar-refractivity contribution in [1.82, 2.24) is 18.9 Å². The molecule has 8 nitrogen and oxygen atoms in total. The Morgan fingerprint density at radius 2 is 1.47 bits per heavy atom. The van der Waals surface area contributed by atoms with Crippen LogP contribution in [0.4, 0.5) is 0 Å². The Morgan fingerprint density at radius 1 is 0.853 bits per heavy atom. The highest BCUT2D eigenvalue weighted by Gasteiger charge is 2.24. The molecule has 4 rings (SSSR count). The summed E-state index contributed by atoms with van der Waals surface area (Å²) in [6, 6.07) is 14.9. The summed E-state index contributed by atoms with van der Waals surface area (Å²) in [4.78, 5) is 42.6. The van der Waals surface area contributed by atoms with E-state index in [1.807, 2.05) is 48.2 Å². The number of carbonyl (C=O) groups is 2. The number of imidazole rings is 1. The van der Waals surface area contributed by atoms with Crippen LogP contribution in [0, 0.1) is 0 Å². The van der Waals surface area contributed by atoms with Gasteiger partial charge in [0.1, 0.15) is 5.75 Å². The molecule has 2 aromatic carbocycles. The van der Waals surface area contributed by atoms with Crippen molar-refractivity contribution in [3.8, 4) is 5.75 Å². The van der Waals surface area contributed by atoms with Crippen LogP contribution in [0.15, 0.2) is 53.3 Å². The van der Waals surface area contributed by atoms with Crippen molar-refractivity contribution in [2.45, 2.75) is 39.3 Å². The van der Waals surface area contributed by atoms with E-state index in [1.165, 1.54) is 0 Å². The van der Waals surface area contributed by atoms with Crippen LogP contribution in [0.5, 0.6) is 5.75 Å². The van der Waals surface area contributed by atoms with E-state index in [1.54, 1.807) is 33.3 Å². The Hall–Kier alpha value is -3.55. The highest BCUT2D eigenvalue weighted by atomic mass is 16.5. The Kier molecular flexibility index (Phi) is 7.35. The Morgan fingerprint density at radius 3 is 2.18 bits per heavy atom. The molecule has 0 saturated carbocycles. The standard InChI is InChI=1S/C26H32N4O4/c1-3-14-29-21-10-5-6-11-22(21)30(26(29)33)17-13-24(31)27-15-8-16-28(19-18-27)25(32)20-9-4-7-12-23(20)34-2/h4-7,9-12H,3,8,13-19H2,1-2H3. The van der Waals surface area contributed by atoms with Gasteiger partial charge in [-0.15, -0.1) is 0 Å². The van der Waals surface area contributed by atoms with Gasteiger partial charge in [0.25, 0.3) is 5.91 Å². The first-order chi connectivity index (χ1) is 16.5. The molecule has 1 saturated heterocycles. The predicted molar refractivity (Wildman–Crippen MR) is 131 cm³/mol. The molecular weight excluding hydrogens is 432 g/mol. The van der Waals surface area contributed by atoms with Gasteiger partial charge in [-0.3, -0.25) is 18.7 Å². The normalized spacial score (nSPS) is 14.3. The minimum Gasteiger partial charge on any atom is -0.496 e. The van der Waals surface area contributed by atoms with E-state index in [9.17, 15) is 14.4 Å². The minimum absolute atomic E-state index is 0.00538. The maximum Gasteiger partial charge on any atom is 0.329 e. The number of nitrogens with zero attached hydrogens (tertiary/aromatic N) is 4. The van der Waals surface area contributed by atoms with Crippen molar-refractivity contribution in [2.75, 3.05) is 33.3 Å². The number of fused-ring (bicyclic) bond motifs is 1. The maximum atomic E-state index is 13.0. The van der Waals surface area contributed by atoms with Gasteiger partial charge in [-0.2, -0.15) is 0 Å². The molecule has 0 aliphatic carbocycles. The van der Waals surface area contributed by atoms with Crippen LogP contribution in [0.25, 0.3) is 11.0 Å². The van der Waals surface area contributed by atoms with E-state index in [4.69, 9.17) is 4.74 Å². The van der Waals surface area contributed by atoms with E-state index >= 15 is 0 Å². The summed E-state index contributed by atoms with van der Waals surface area (Å²) in [5.74, 6) is 0.477. The number of rotatable bonds is 7. The zero-order valence-electron chi connectivity index (χ0n) is 19.9. The van der Waals surface area contributed by atoms with Gasteiger partial charge in [-0.25, -0.2) is 4.79 Å². The molecule has 0 radical (unpaired) electrons. The zero-order valence-corrected chi connectivity index (χ0v) is 19.9. The highest BCUT2D eigenvalue weighted by Crippen LogP contribution is 2.20. The molecule has 0 bridgehead atoms. The van der Waals surface area contributed by atoms with E-state index < -0.39 is 0 Å². The molecule has 34 heavy (non-hydrogen) atoms. The van der Waals surface area contributed by atoms with Gasteiger partial charge in [0.05, 0.1) is 23.7 Å². The molecule has 0 spiro atoms. The van der Waals surface area contributed by atoms with Gasteiger partial charge in [-0.1, -0.05) is 31.2 Å². The minimum atomic E-state index is -0.0814. The molecule has 1 fully saturated rings. The molecule has 1 aliphatic heterocycles. The third-order valence-corrected chi connectivity index (χ3v) is 6.39. The Labute approximate surface area is 199 Å². The van der Waals surface area contributed by atoms with Crippen molar-refractivity contribution in [2.24, 2.45) is 0 Å². The Balaban J connectivity index is 1.41. The fourth-order valence-electron chi connectivity index (χ4n) is 4.66. The second-order valence-corrected chi connectivity index (χ2v) is 8.55. The lowest BCUT2D eigenvalue weighted by molar-refractivity contribution is -0.131. The summed E-state index contributed by atoms with van der Waals surface area (Å²) in [6.45, 7) is 5.18. The number of amides is 2. The number of para-hydroxylation sites is 3. The summed E-state index contributed by atoms with van der Waals surface area (Å²) < 4.78 is 8.83. The average molecular weight is 465 g/mol. The molecule has 180 valence electrons. The fraction of sp³-hybridized carbons (Fsp3) is 0.423. The molecule has 2 amide bonds. The van der Waals surface area contributed by atoms with E-state index in [0.29, 0.717) is 57.0 Å². The number of aromatic nitrogens is 2. The van der Waals surface area contributed by atoms with Crippen molar-refractivity contribution >= 4 is 22.8 Å². The first-order valence-electron chi connectivity index (χ1n) is 11.9. The quantitative estimate of drug-likeness (QED) is 0.539. The largest absolute Gasteiger partial charge is 0.496 e. The molecule has 3 aromatic rings. The highest BCUT2D eigenvalue weighted by molar-refractivity contribution is 5.97. The topological polar surface area (TPSA) is 76.8 Å². The number of hydrogen-bond acceptors (Lipinski definition) is 4. The summed E-state index contributed by atoms with van der Waals surface area (Å²) in [5.41, 5.74) is 2.23. The van der Waals surface area contributed by atoms with Gasteiger partial charge >= 0.3 is 5.69 Å². The van der Waals surface area contributed by atoms with Crippen LogP contribution in [0.2, 0.25) is 0 Å². The molecule has 2 heterocycles. The van der Waals surface area contributed by atoms with Crippen LogP contribution in [0.3, 0.4) is 0 Å². The van der Waals surface area contributed by atoms with Crippen molar-refractivity contribution in [1.29, 1.82) is 0 Å². The molecule has 0 atom stereocenters. The van der Waals surface area contributed by atoms with Crippen LogP contribution in [-0.2, 0) is 17.9 Å².